The molecule has 0 fully saturated rings. The van der Waals surface area contributed by atoms with E-state index in [1.807, 2.05) is 78.8 Å². The van der Waals surface area contributed by atoms with Gasteiger partial charge in [-0.1, -0.05) is 65.1 Å². The third kappa shape index (κ3) is 13.5. The number of amidine groups is 1. The first-order valence-electron chi connectivity index (χ1n) is 9.60. The monoisotopic (exact) mass is 371 g/mol. The van der Waals surface area contributed by atoms with E-state index in [0.717, 1.165) is 28.4 Å². The average Bonchev–Trinajstić information content (AvgIpc) is 2.71. The molecule has 0 aliphatic heterocycles. The molecule has 152 valence electrons. The summed E-state index contributed by atoms with van der Waals surface area (Å²) in [5, 5.41) is 3.34. The molecule has 0 radical (unpaired) electrons. The van der Waals surface area contributed by atoms with Gasteiger partial charge in [-0.3, -0.25) is 0 Å². The van der Waals surface area contributed by atoms with Crippen molar-refractivity contribution in [3.05, 3.63) is 78.1 Å². The van der Waals surface area contributed by atoms with Crippen molar-refractivity contribution >= 4 is 11.5 Å². The van der Waals surface area contributed by atoms with Crippen LogP contribution in [0, 0.1) is 6.92 Å². The zero-order chi connectivity index (χ0) is 21.8. The first-order chi connectivity index (χ1) is 13.0. The lowest BCUT2D eigenvalue weighted by Gasteiger charge is -2.11. The van der Waals surface area contributed by atoms with Crippen LogP contribution in [0.2, 0.25) is 0 Å². The van der Waals surface area contributed by atoms with Crippen LogP contribution < -0.4 is 11.1 Å². The van der Waals surface area contributed by atoms with Crippen molar-refractivity contribution in [2.24, 2.45) is 10.7 Å². The first kappa shape index (κ1) is 29.4. The Hall–Kier alpha value is -2.39. The molecule has 1 aromatic carbocycles. The molecule has 0 aliphatic carbocycles. The van der Waals surface area contributed by atoms with E-state index in [1.165, 1.54) is 12.6 Å². The number of allylic oxidation sites excluding steroid dienone is 4. The lowest BCUT2D eigenvalue weighted by Crippen LogP contribution is -2.13. The van der Waals surface area contributed by atoms with Gasteiger partial charge in [-0.15, -0.1) is 0 Å². The Morgan fingerprint density at radius 3 is 2.07 bits per heavy atom. The molecule has 1 rings (SSSR count). The molecular formula is C24H41N3. The van der Waals surface area contributed by atoms with Gasteiger partial charge in [-0.25, -0.2) is 4.99 Å². The second kappa shape index (κ2) is 19.9. The van der Waals surface area contributed by atoms with Crippen LogP contribution in [0.1, 0.15) is 54.0 Å². The number of anilines is 1. The third-order valence-corrected chi connectivity index (χ3v) is 2.95. The number of nitrogens with two attached hydrogens (primary N) is 1. The van der Waals surface area contributed by atoms with E-state index in [2.05, 4.69) is 48.3 Å². The van der Waals surface area contributed by atoms with Crippen molar-refractivity contribution in [1.29, 1.82) is 0 Å². The molecule has 27 heavy (non-hydrogen) atoms. The quantitative estimate of drug-likeness (QED) is 0.331. The topological polar surface area (TPSA) is 50.4 Å². The summed E-state index contributed by atoms with van der Waals surface area (Å²) in [6, 6.07) is 8.18. The van der Waals surface area contributed by atoms with E-state index >= 15 is 0 Å². The molecule has 0 atom stereocenters. The van der Waals surface area contributed by atoms with E-state index in [-0.39, 0.29) is 0 Å². The van der Waals surface area contributed by atoms with Crippen LogP contribution in [-0.4, -0.2) is 12.9 Å². The number of aryl methyl sites for hydroxylation is 1. The zero-order valence-corrected chi connectivity index (χ0v) is 19.0. The number of nitrogens with one attached hydrogen (secondary N) is 1. The van der Waals surface area contributed by atoms with Crippen molar-refractivity contribution in [2.45, 2.75) is 55.4 Å². The lowest BCUT2D eigenvalue weighted by atomic mass is 10.2. The van der Waals surface area contributed by atoms with Gasteiger partial charge in [0.1, 0.15) is 5.84 Å². The van der Waals surface area contributed by atoms with E-state index in [1.54, 1.807) is 0 Å². The zero-order valence-electron chi connectivity index (χ0n) is 19.0. The van der Waals surface area contributed by atoms with Crippen LogP contribution in [-0.2, 0) is 0 Å². The Kier molecular flexibility index (Phi) is 21.7. The Bertz CT molecular complexity index is 620. The number of hydrogen-bond acceptors (Lipinski definition) is 2. The van der Waals surface area contributed by atoms with Gasteiger partial charge in [-0.05, 0) is 69.7 Å². The van der Waals surface area contributed by atoms with Crippen molar-refractivity contribution in [1.82, 2.24) is 0 Å². The minimum Gasteiger partial charge on any atom is -0.340 e. The molecule has 1 aromatic rings. The van der Waals surface area contributed by atoms with Crippen LogP contribution >= 0.6 is 0 Å². The maximum atomic E-state index is 4.69. The average molecular weight is 372 g/mol. The van der Waals surface area contributed by atoms with Crippen LogP contribution in [0.3, 0.4) is 0 Å². The summed E-state index contributed by atoms with van der Waals surface area (Å²) in [4.78, 5) is 4.69. The molecule has 3 heteroatoms. The van der Waals surface area contributed by atoms with Gasteiger partial charge in [0, 0.05) is 5.69 Å². The Morgan fingerprint density at radius 1 is 1.11 bits per heavy atom. The van der Waals surface area contributed by atoms with Crippen molar-refractivity contribution in [3.63, 3.8) is 0 Å². The molecule has 0 saturated heterocycles. The molecule has 0 heterocycles. The highest BCUT2D eigenvalue weighted by atomic mass is 15.0. The van der Waals surface area contributed by atoms with Crippen LogP contribution in [0.25, 0.3) is 0 Å². The van der Waals surface area contributed by atoms with Gasteiger partial charge in [0.05, 0.1) is 5.70 Å². The van der Waals surface area contributed by atoms with Crippen LogP contribution in [0.5, 0.6) is 0 Å². The molecule has 0 unspecified atom stereocenters. The molecule has 3 N–H and O–H groups in total. The largest absolute Gasteiger partial charge is 0.340 e. The minimum atomic E-state index is 0.759. The van der Waals surface area contributed by atoms with Gasteiger partial charge in [-0.2, -0.15) is 0 Å². The molecule has 0 aromatic heterocycles. The number of rotatable bonds is 5. The van der Waals surface area contributed by atoms with E-state index in [0.29, 0.717) is 0 Å². The number of benzene rings is 1. The predicted molar refractivity (Wildman–Crippen MR) is 128 cm³/mol. The third-order valence-electron chi connectivity index (χ3n) is 2.95. The molecular weight excluding hydrogens is 330 g/mol. The molecule has 0 amide bonds. The highest BCUT2D eigenvalue weighted by molar-refractivity contribution is 6.07. The fourth-order valence-electron chi connectivity index (χ4n) is 1.73. The summed E-state index contributed by atoms with van der Waals surface area (Å²) in [7, 11) is 1.50. The van der Waals surface area contributed by atoms with Crippen LogP contribution in [0.4, 0.5) is 5.69 Å². The van der Waals surface area contributed by atoms with Gasteiger partial charge < -0.3 is 11.1 Å². The van der Waals surface area contributed by atoms with E-state index < -0.39 is 0 Å². The maximum absolute atomic E-state index is 4.69. The number of hydrogen-bond donors (Lipinski definition) is 2. The number of nitrogens with zero attached hydrogens (tertiary/aromatic N) is 1. The summed E-state index contributed by atoms with van der Waals surface area (Å²) < 4.78 is 0. The highest BCUT2D eigenvalue weighted by Gasteiger charge is 2.04. The van der Waals surface area contributed by atoms with Gasteiger partial charge >= 0.3 is 0 Å². The van der Waals surface area contributed by atoms with Gasteiger partial charge in [0.2, 0.25) is 0 Å². The summed E-state index contributed by atoms with van der Waals surface area (Å²) in [5.41, 5.74) is 9.50. The molecule has 0 aliphatic rings. The summed E-state index contributed by atoms with van der Waals surface area (Å²) in [6.45, 7) is 23.8. The van der Waals surface area contributed by atoms with Gasteiger partial charge in [0.25, 0.3) is 0 Å². The number of aliphatic imine (C=N–C) groups is 1. The minimum absolute atomic E-state index is 0.759. The second-order valence-electron chi connectivity index (χ2n) is 5.01. The maximum Gasteiger partial charge on any atom is 0.133 e. The van der Waals surface area contributed by atoms with Crippen molar-refractivity contribution in [2.75, 3.05) is 12.4 Å². The SMILES string of the molecule is C=C/C(C)=C(\C=C/C)N=C(Nc1cccc(C)c1)C(=C)C.CC.CC.CN. The Morgan fingerprint density at radius 2 is 1.67 bits per heavy atom. The first-order valence-corrected chi connectivity index (χ1v) is 9.60. The molecule has 0 bridgehead atoms. The smallest absolute Gasteiger partial charge is 0.133 e. The fraction of sp³-hybridized carbons (Fsp3) is 0.375. The molecule has 0 spiro atoms. The van der Waals surface area contributed by atoms with Crippen LogP contribution in [0.15, 0.2) is 77.5 Å². The fourth-order valence-corrected chi connectivity index (χ4v) is 1.73. The summed E-state index contributed by atoms with van der Waals surface area (Å²) in [6.07, 6.45) is 5.74. The standard InChI is InChI=1S/C19H24N2.2C2H6.CH5N/c1-7-10-18(16(6)8-2)21-19(14(3)4)20-17-12-9-11-15(5)13-17;3*1-2/h7-13H,2-3H2,1,4-6H3,(H,20,21);2*1-2H3;2H2,1H3/b10-7-,18-16+;;;. The van der Waals surface area contributed by atoms with Crippen molar-refractivity contribution < 1.29 is 0 Å². The molecule has 3 nitrogen and oxygen atoms in total. The Labute approximate surface area is 168 Å². The summed E-state index contributed by atoms with van der Waals surface area (Å²) in [5.74, 6) is 0.759. The normalized spacial score (nSPS) is 10.8. The van der Waals surface area contributed by atoms with Crippen molar-refractivity contribution in [3.8, 4) is 0 Å². The van der Waals surface area contributed by atoms with E-state index in [9.17, 15) is 0 Å². The Balaban J connectivity index is -0.000000869. The second-order valence-corrected chi connectivity index (χ2v) is 5.01. The highest BCUT2D eigenvalue weighted by Crippen LogP contribution is 2.15. The van der Waals surface area contributed by atoms with Gasteiger partial charge in [0.15, 0.2) is 0 Å². The lowest BCUT2D eigenvalue weighted by molar-refractivity contribution is 1.29. The predicted octanol–water partition coefficient (Wildman–Crippen LogP) is 7.04. The van der Waals surface area contributed by atoms with E-state index in [4.69, 9.17) is 0 Å². The molecule has 0 saturated carbocycles. The summed E-state index contributed by atoms with van der Waals surface area (Å²) >= 11 is 0.